The Morgan fingerprint density at radius 3 is 2.47 bits per heavy atom. The van der Waals surface area contributed by atoms with Crippen molar-refractivity contribution >= 4 is 23.4 Å². The fourth-order valence-electron chi connectivity index (χ4n) is 3.29. The van der Waals surface area contributed by atoms with Gasteiger partial charge < -0.3 is 10.1 Å². The van der Waals surface area contributed by atoms with E-state index in [0.29, 0.717) is 18.3 Å². The van der Waals surface area contributed by atoms with Crippen LogP contribution in [-0.2, 0) is 16.1 Å². The van der Waals surface area contributed by atoms with Crippen LogP contribution < -0.4 is 5.32 Å². The molecule has 8 heteroatoms. The lowest BCUT2D eigenvalue weighted by Crippen LogP contribution is -2.24. The predicted octanol–water partition coefficient (Wildman–Crippen LogP) is 4.03. The van der Waals surface area contributed by atoms with Gasteiger partial charge in [0, 0.05) is 30.8 Å². The number of aryl methyl sites for hydroxylation is 3. The number of carbonyl (C=O) groups is 1. The zero-order valence-corrected chi connectivity index (χ0v) is 18.8. The van der Waals surface area contributed by atoms with Crippen LogP contribution in [0.25, 0.3) is 11.4 Å². The number of aromatic nitrogens is 4. The van der Waals surface area contributed by atoms with Crippen LogP contribution >= 0.6 is 11.8 Å². The zero-order chi connectivity index (χ0) is 21.7. The molecule has 0 bridgehead atoms. The van der Waals surface area contributed by atoms with Gasteiger partial charge in [0.2, 0.25) is 5.91 Å². The highest BCUT2D eigenvalue weighted by Gasteiger charge is 2.22. The van der Waals surface area contributed by atoms with E-state index in [1.807, 2.05) is 37.5 Å². The lowest BCUT2D eigenvalue weighted by atomic mass is 10.1. The maximum Gasteiger partial charge on any atom is 0.237 e. The van der Waals surface area contributed by atoms with E-state index in [1.54, 1.807) is 19.5 Å². The van der Waals surface area contributed by atoms with E-state index in [2.05, 4.69) is 39.6 Å². The Hall–Kier alpha value is -2.71. The number of nitrogens with zero attached hydrogens (tertiary/aromatic N) is 4. The first kappa shape index (κ1) is 22.0. The zero-order valence-electron chi connectivity index (χ0n) is 18.0. The minimum atomic E-state index is -0.346. The number of pyridine rings is 1. The Balaban J connectivity index is 1.80. The van der Waals surface area contributed by atoms with Crippen molar-refractivity contribution in [1.82, 2.24) is 19.7 Å². The van der Waals surface area contributed by atoms with Crippen LogP contribution in [0.15, 0.2) is 41.8 Å². The first-order chi connectivity index (χ1) is 14.4. The van der Waals surface area contributed by atoms with Crippen molar-refractivity contribution in [2.24, 2.45) is 0 Å². The second-order valence-corrected chi connectivity index (χ2v) is 8.52. The van der Waals surface area contributed by atoms with Gasteiger partial charge >= 0.3 is 0 Å². The first-order valence-electron chi connectivity index (χ1n) is 9.78. The van der Waals surface area contributed by atoms with Gasteiger partial charge in [0.05, 0.1) is 18.4 Å². The average molecular weight is 426 g/mol. The van der Waals surface area contributed by atoms with Gasteiger partial charge in [0.15, 0.2) is 11.0 Å². The summed E-state index contributed by atoms with van der Waals surface area (Å²) in [6.45, 7) is 9.06. The summed E-state index contributed by atoms with van der Waals surface area (Å²) in [5, 5.41) is 12.1. The van der Waals surface area contributed by atoms with Gasteiger partial charge in [-0.2, -0.15) is 0 Å². The highest BCUT2D eigenvalue weighted by Crippen LogP contribution is 2.28. The predicted molar refractivity (Wildman–Crippen MR) is 120 cm³/mol. The van der Waals surface area contributed by atoms with Crippen LogP contribution in [-0.4, -0.2) is 44.6 Å². The van der Waals surface area contributed by atoms with Gasteiger partial charge in [0.25, 0.3) is 0 Å². The molecule has 3 rings (SSSR count). The third-order valence-electron chi connectivity index (χ3n) is 4.75. The summed E-state index contributed by atoms with van der Waals surface area (Å²) in [4.78, 5) is 16.9. The van der Waals surface area contributed by atoms with E-state index in [4.69, 9.17) is 4.74 Å². The largest absolute Gasteiger partial charge is 0.383 e. The Morgan fingerprint density at radius 1 is 1.17 bits per heavy atom. The molecule has 0 saturated carbocycles. The molecule has 0 fully saturated rings. The molecule has 2 aromatic heterocycles. The summed E-state index contributed by atoms with van der Waals surface area (Å²) in [6, 6.07) is 7.92. The molecule has 0 aliphatic rings. The second-order valence-electron chi connectivity index (χ2n) is 7.21. The van der Waals surface area contributed by atoms with Crippen LogP contribution in [0.1, 0.15) is 23.6 Å². The summed E-state index contributed by atoms with van der Waals surface area (Å²) in [6.07, 6.45) is 3.44. The smallest absolute Gasteiger partial charge is 0.237 e. The molecule has 30 heavy (non-hydrogen) atoms. The van der Waals surface area contributed by atoms with E-state index >= 15 is 0 Å². The Bertz CT molecular complexity index is 997. The van der Waals surface area contributed by atoms with E-state index in [9.17, 15) is 4.79 Å². The molecule has 7 nitrogen and oxygen atoms in total. The number of carbonyl (C=O) groups excluding carboxylic acids is 1. The van der Waals surface area contributed by atoms with Crippen molar-refractivity contribution in [2.75, 3.05) is 19.0 Å². The molecule has 0 spiro atoms. The maximum atomic E-state index is 12.9. The minimum absolute atomic E-state index is 0.0678. The summed E-state index contributed by atoms with van der Waals surface area (Å²) < 4.78 is 7.23. The number of hydrogen-bond donors (Lipinski definition) is 1. The van der Waals surface area contributed by atoms with Crippen molar-refractivity contribution in [1.29, 1.82) is 0 Å². The van der Waals surface area contributed by atoms with Crippen LogP contribution in [0.2, 0.25) is 0 Å². The molecule has 2 heterocycles. The molecule has 0 radical (unpaired) electrons. The molecular weight excluding hydrogens is 398 g/mol. The van der Waals surface area contributed by atoms with Crippen molar-refractivity contribution < 1.29 is 9.53 Å². The number of benzene rings is 1. The molecule has 0 saturated heterocycles. The number of rotatable bonds is 8. The molecule has 1 aromatic carbocycles. The SMILES string of the molecule is COCCn1c(SC(C)C(=O)Nc2c(C)cc(C)cc2C)nnc1-c1ccncc1. The number of anilines is 1. The lowest BCUT2D eigenvalue weighted by molar-refractivity contribution is -0.115. The Morgan fingerprint density at radius 2 is 1.83 bits per heavy atom. The topological polar surface area (TPSA) is 81.9 Å². The van der Waals surface area contributed by atoms with E-state index in [-0.39, 0.29) is 11.2 Å². The summed E-state index contributed by atoms with van der Waals surface area (Å²) >= 11 is 1.38. The number of hydrogen-bond acceptors (Lipinski definition) is 6. The van der Waals surface area contributed by atoms with Gasteiger partial charge in [-0.1, -0.05) is 29.5 Å². The molecule has 1 atom stereocenters. The summed E-state index contributed by atoms with van der Waals surface area (Å²) in [5.74, 6) is 0.664. The van der Waals surface area contributed by atoms with Crippen molar-refractivity contribution in [3.8, 4) is 11.4 Å². The van der Waals surface area contributed by atoms with Gasteiger partial charge in [-0.05, 0) is 51.0 Å². The number of nitrogens with one attached hydrogen (secondary N) is 1. The monoisotopic (exact) mass is 425 g/mol. The fraction of sp³-hybridized carbons (Fsp3) is 0.364. The Kier molecular flexibility index (Phi) is 7.23. The standard InChI is InChI=1S/C22H27N5O2S/c1-14-12-15(2)19(16(3)13-14)24-21(28)17(4)30-22-26-25-20(27(22)10-11-29-5)18-6-8-23-9-7-18/h6-9,12-13,17H,10-11H2,1-5H3,(H,24,28). The Labute approximate surface area is 181 Å². The van der Waals surface area contributed by atoms with Gasteiger partial charge in [-0.3, -0.25) is 14.3 Å². The molecule has 3 aromatic rings. The van der Waals surface area contributed by atoms with Crippen molar-refractivity contribution in [2.45, 2.75) is 44.6 Å². The minimum Gasteiger partial charge on any atom is -0.383 e. The van der Waals surface area contributed by atoms with Crippen LogP contribution in [0.3, 0.4) is 0 Å². The number of amides is 1. The fourth-order valence-corrected chi connectivity index (χ4v) is 4.16. The molecule has 1 unspecified atom stereocenters. The third kappa shape index (κ3) is 5.06. The molecular formula is C22H27N5O2S. The summed E-state index contributed by atoms with van der Waals surface area (Å²) in [5.41, 5.74) is 5.09. The van der Waals surface area contributed by atoms with E-state index < -0.39 is 0 Å². The van der Waals surface area contributed by atoms with Crippen molar-refractivity contribution in [3.63, 3.8) is 0 Å². The average Bonchev–Trinajstić information content (AvgIpc) is 3.11. The van der Waals surface area contributed by atoms with Crippen LogP contribution in [0.5, 0.6) is 0 Å². The van der Waals surface area contributed by atoms with Crippen LogP contribution in [0, 0.1) is 20.8 Å². The first-order valence-corrected chi connectivity index (χ1v) is 10.7. The van der Waals surface area contributed by atoms with Gasteiger partial charge in [0.1, 0.15) is 0 Å². The van der Waals surface area contributed by atoms with Gasteiger partial charge in [-0.15, -0.1) is 10.2 Å². The van der Waals surface area contributed by atoms with E-state index in [0.717, 1.165) is 28.2 Å². The quantitative estimate of drug-likeness (QED) is 0.549. The van der Waals surface area contributed by atoms with Crippen molar-refractivity contribution in [3.05, 3.63) is 53.3 Å². The maximum absolute atomic E-state index is 12.9. The van der Waals surface area contributed by atoms with Gasteiger partial charge in [-0.25, -0.2) is 0 Å². The molecule has 158 valence electrons. The number of thioether (sulfide) groups is 1. The second kappa shape index (κ2) is 9.86. The number of methoxy groups -OCH3 is 1. The summed E-state index contributed by atoms with van der Waals surface area (Å²) in [7, 11) is 1.66. The molecule has 1 N–H and O–H groups in total. The highest BCUT2D eigenvalue weighted by molar-refractivity contribution is 8.00. The number of ether oxygens (including phenoxy) is 1. The van der Waals surface area contributed by atoms with E-state index in [1.165, 1.54) is 17.3 Å². The third-order valence-corrected chi connectivity index (χ3v) is 5.83. The molecule has 0 aliphatic heterocycles. The lowest BCUT2D eigenvalue weighted by Gasteiger charge is -2.16. The normalized spacial score (nSPS) is 12.0. The highest BCUT2D eigenvalue weighted by atomic mass is 32.2. The molecule has 1 amide bonds. The van der Waals surface area contributed by atoms with Crippen LogP contribution in [0.4, 0.5) is 5.69 Å². The molecule has 0 aliphatic carbocycles.